The number of fused-ring (bicyclic) bond motifs is 2. The van der Waals surface area contributed by atoms with Crippen LogP contribution in [-0.4, -0.2) is 67.6 Å². The molecule has 0 radical (unpaired) electrons. The average molecular weight is 421 g/mol. The zero-order chi connectivity index (χ0) is 20.8. The quantitative estimate of drug-likeness (QED) is 0.491. The molecule has 9 heteroatoms. The van der Waals surface area contributed by atoms with Crippen molar-refractivity contribution in [3.8, 4) is 11.1 Å². The van der Waals surface area contributed by atoms with Gasteiger partial charge in [0.2, 0.25) is 5.16 Å². The molecular weight excluding hydrogens is 396 g/mol. The second kappa shape index (κ2) is 7.41. The zero-order valence-electron chi connectivity index (χ0n) is 17.5. The maximum Gasteiger partial charge on any atom is 0.212 e. The van der Waals surface area contributed by atoms with Gasteiger partial charge in [-0.05, 0) is 37.9 Å². The molecule has 0 fully saturated rings. The van der Waals surface area contributed by atoms with Crippen LogP contribution in [0.15, 0.2) is 48.0 Å². The molecule has 1 atom stereocenters. The number of likely N-dealkylation sites (N-methyl/N-ethyl adjacent to an activating group) is 2. The molecule has 8 nitrogen and oxygen atoms in total. The summed E-state index contributed by atoms with van der Waals surface area (Å²) in [5, 5.41) is 17.8. The number of rotatable bonds is 5. The second-order valence-electron chi connectivity index (χ2n) is 7.95. The van der Waals surface area contributed by atoms with Gasteiger partial charge >= 0.3 is 0 Å². The Balaban J connectivity index is 1.43. The molecule has 5 rings (SSSR count). The maximum absolute atomic E-state index is 4.63. The number of aryl methyl sites for hydroxylation is 1. The highest BCUT2D eigenvalue weighted by Crippen LogP contribution is 2.32. The monoisotopic (exact) mass is 420 g/mol. The molecule has 1 aromatic carbocycles. The Morgan fingerprint density at radius 1 is 1.07 bits per heavy atom. The number of nitrogens with zero attached hydrogens (tertiary/aromatic N) is 8. The second-order valence-corrected chi connectivity index (χ2v) is 9.09. The van der Waals surface area contributed by atoms with E-state index in [0.717, 1.165) is 46.0 Å². The number of thioether (sulfide) groups is 1. The highest BCUT2D eigenvalue weighted by atomic mass is 32.2. The van der Waals surface area contributed by atoms with Gasteiger partial charge < -0.3 is 4.90 Å². The predicted octanol–water partition coefficient (Wildman–Crippen LogP) is 2.38. The molecule has 0 N–H and O–H groups in total. The molecule has 4 heterocycles. The summed E-state index contributed by atoms with van der Waals surface area (Å²) in [5.41, 5.74) is 4.31. The minimum Gasteiger partial charge on any atom is -0.306 e. The SMILES string of the molecule is CN(C)CC1Sc2nnc(Cc3ccc4ncc(-c5cnn(C)c5)cc4c3)n2N1C. The number of hydrogen-bond donors (Lipinski definition) is 0. The summed E-state index contributed by atoms with van der Waals surface area (Å²) in [4.78, 5) is 6.82. The lowest BCUT2D eigenvalue weighted by Gasteiger charge is -2.25. The maximum atomic E-state index is 4.63. The lowest BCUT2D eigenvalue weighted by atomic mass is 10.0. The van der Waals surface area contributed by atoms with E-state index in [1.807, 2.05) is 25.6 Å². The number of benzene rings is 1. The molecule has 0 amide bonds. The summed E-state index contributed by atoms with van der Waals surface area (Å²) < 4.78 is 3.95. The van der Waals surface area contributed by atoms with Crippen molar-refractivity contribution in [1.82, 2.24) is 34.5 Å². The van der Waals surface area contributed by atoms with Crippen LogP contribution in [0.1, 0.15) is 11.4 Å². The molecule has 0 saturated heterocycles. The summed E-state index contributed by atoms with van der Waals surface area (Å²) in [7, 11) is 8.22. The van der Waals surface area contributed by atoms with Gasteiger partial charge in [0.05, 0.1) is 11.7 Å². The first-order chi connectivity index (χ1) is 14.5. The zero-order valence-corrected chi connectivity index (χ0v) is 18.3. The van der Waals surface area contributed by atoms with Gasteiger partial charge in [-0.2, -0.15) is 5.10 Å². The van der Waals surface area contributed by atoms with Crippen LogP contribution < -0.4 is 5.01 Å². The van der Waals surface area contributed by atoms with E-state index in [2.05, 4.69) is 80.3 Å². The van der Waals surface area contributed by atoms with Gasteiger partial charge in [0.25, 0.3) is 0 Å². The largest absolute Gasteiger partial charge is 0.306 e. The van der Waals surface area contributed by atoms with Crippen molar-refractivity contribution in [3.05, 3.63) is 54.2 Å². The lowest BCUT2D eigenvalue weighted by molar-refractivity contribution is 0.390. The standard InChI is InChI=1S/C21H24N8S/c1-26(2)13-20-28(4)29-19(24-25-21(29)30-20)8-14-5-6-18-15(7-14)9-16(10-22-18)17-11-23-27(3)12-17/h5-7,9-12,20H,8,13H2,1-4H3. The molecular formula is C21H24N8S. The summed E-state index contributed by atoms with van der Waals surface area (Å²) in [6.07, 6.45) is 6.49. The van der Waals surface area contributed by atoms with E-state index < -0.39 is 0 Å². The average Bonchev–Trinajstić information content (AvgIpc) is 3.39. The Labute approximate surface area is 179 Å². The van der Waals surface area contributed by atoms with Gasteiger partial charge in [-0.25, -0.2) is 4.68 Å². The van der Waals surface area contributed by atoms with E-state index >= 15 is 0 Å². The number of pyridine rings is 1. The minimum atomic E-state index is 0.340. The smallest absolute Gasteiger partial charge is 0.212 e. The predicted molar refractivity (Wildman–Crippen MR) is 119 cm³/mol. The molecule has 154 valence electrons. The summed E-state index contributed by atoms with van der Waals surface area (Å²) in [6, 6.07) is 8.57. The van der Waals surface area contributed by atoms with Crippen LogP contribution in [0.25, 0.3) is 22.0 Å². The van der Waals surface area contributed by atoms with Crippen molar-refractivity contribution < 1.29 is 0 Å². The highest BCUT2D eigenvalue weighted by Gasteiger charge is 2.31. The highest BCUT2D eigenvalue weighted by molar-refractivity contribution is 8.00. The van der Waals surface area contributed by atoms with Crippen molar-refractivity contribution in [2.24, 2.45) is 7.05 Å². The van der Waals surface area contributed by atoms with Crippen LogP contribution in [-0.2, 0) is 13.5 Å². The molecule has 1 aliphatic rings. The first-order valence-electron chi connectivity index (χ1n) is 9.84. The molecule has 0 aliphatic carbocycles. The van der Waals surface area contributed by atoms with Crippen LogP contribution in [0.3, 0.4) is 0 Å². The van der Waals surface area contributed by atoms with Gasteiger partial charge in [0.15, 0.2) is 5.82 Å². The molecule has 0 saturated carbocycles. The number of hydrogen-bond acceptors (Lipinski definition) is 7. The van der Waals surface area contributed by atoms with Crippen molar-refractivity contribution in [3.63, 3.8) is 0 Å². The van der Waals surface area contributed by atoms with Gasteiger partial charge in [0, 0.05) is 56.0 Å². The van der Waals surface area contributed by atoms with Gasteiger partial charge in [0.1, 0.15) is 5.37 Å². The van der Waals surface area contributed by atoms with Crippen LogP contribution in [0.4, 0.5) is 0 Å². The normalized spacial score (nSPS) is 16.0. The third-order valence-electron chi connectivity index (χ3n) is 5.32. The molecule has 1 aliphatic heterocycles. The van der Waals surface area contributed by atoms with Gasteiger partial charge in [-0.1, -0.05) is 17.8 Å². The first-order valence-corrected chi connectivity index (χ1v) is 10.7. The van der Waals surface area contributed by atoms with E-state index in [9.17, 15) is 0 Å². The fourth-order valence-electron chi connectivity index (χ4n) is 3.79. The van der Waals surface area contributed by atoms with E-state index in [-0.39, 0.29) is 0 Å². The Hall–Kier alpha value is -2.91. The van der Waals surface area contributed by atoms with E-state index in [1.165, 1.54) is 5.56 Å². The summed E-state index contributed by atoms with van der Waals surface area (Å²) in [6.45, 7) is 0.961. The molecule has 30 heavy (non-hydrogen) atoms. The van der Waals surface area contributed by atoms with Crippen LogP contribution in [0.2, 0.25) is 0 Å². The topological polar surface area (TPSA) is 67.9 Å². The third kappa shape index (κ3) is 3.44. The fourth-order valence-corrected chi connectivity index (χ4v) is 5.08. The first kappa shape index (κ1) is 19.1. The Morgan fingerprint density at radius 3 is 2.70 bits per heavy atom. The Bertz CT molecular complexity index is 1210. The number of aromatic nitrogens is 6. The third-order valence-corrected chi connectivity index (χ3v) is 6.51. The Kier molecular flexibility index (Phi) is 4.71. The van der Waals surface area contributed by atoms with Crippen molar-refractivity contribution in [2.45, 2.75) is 17.0 Å². The summed E-state index contributed by atoms with van der Waals surface area (Å²) in [5.74, 6) is 0.956. The van der Waals surface area contributed by atoms with E-state index in [4.69, 9.17) is 0 Å². The fraction of sp³-hybridized carbons (Fsp3) is 0.333. The van der Waals surface area contributed by atoms with Gasteiger partial charge in [-0.3, -0.25) is 14.7 Å². The minimum absolute atomic E-state index is 0.340. The molecule has 0 bridgehead atoms. The van der Waals surface area contributed by atoms with Crippen LogP contribution >= 0.6 is 11.8 Å². The van der Waals surface area contributed by atoms with E-state index in [0.29, 0.717) is 5.37 Å². The molecule has 1 unspecified atom stereocenters. The van der Waals surface area contributed by atoms with Crippen molar-refractivity contribution >= 4 is 22.7 Å². The molecule has 0 spiro atoms. The van der Waals surface area contributed by atoms with Gasteiger partial charge in [-0.15, -0.1) is 10.2 Å². The Morgan fingerprint density at radius 2 is 1.93 bits per heavy atom. The van der Waals surface area contributed by atoms with Crippen LogP contribution in [0, 0.1) is 0 Å². The molecule has 4 aromatic rings. The summed E-state index contributed by atoms with van der Waals surface area (Å²) >= 11 is 1.76. The van der Waals surface area contributed by atoms with Crippen molar-refractivity contribution in [2.75, 3.05) is 32.7 Å². The molecule has 3 aromatic heterocycles. The van der Waals surface area contributed by atoms with E-state index in [1.54, 1.807) is 16.4 Å². The lowest BCUT2D eigenvalue weighted by Crippen LogP contribution is -2.40. The van der Waals surface area contributed by atoms with Crippen LogP contribution in [0.5, 0.6) is 0 Å². The van der Waals surface area contributed by atoms with Crippen molar-refractivity contribution in [1.29, 1.82) is 0 Å².